The highest BCUT2D eigenvalue weighted by molar-refractivity contribution is 5.79. The minimum Gasteiger partial charge on any atom is -0.491 e. The van der Waals surface area contributed by atoms with E-state index in [9.17, 15) is 14.0 Å². The Bertz CT molecular complexity index is 662. The smallest absolute Gasteiger partial charge is 0.248 e. The Morgan fingerprint density at radius 1 is 1.29 bits per heavy atom. The van der Waals surface area contributed by atoms with Crippen LogP contribution in [0.25, 0.3) is 0 Å². The summed E-state index contributed by atoms with van der Waals surface area (Å²) in [6, 6.07) is 6.01. The molecule has 1 aromatic rings. The zero-order chi connectivity index (χ0) is 19.9. The molecule has 1 atom stereocenters. The quantitative estimate of drug-likeness (QED) is 0.749. The van der Waals surface area contributed by atoms with Crippen molar-refractivity contribution in [2.24, 2.45) is 0 Å². The first-order valence-corrected chi connectivity index (χ1v) is 9.83. The molecule has 1 N–H and O–H groups in total. The second-order valence-electron chi connectivity index (χ2n) is 7.20. The van der Waals surface area contributed by atoms with Gasteiger partial charge in [-0.25, -0.2) is 4.39 Å². The molecule has 0 saturated carbocycles. The van der Waals surface area contributed by atoms with Crippen LogP contribution >= 0.6 is 0 Å². The standard InChI is InChI=1S/C20H28FN3O4/c1-2-22-19(25)12-23-9-7-16(8-10-23)24-11-18(28-14-20(24)26)13-27-17-5-3-15(21)4-6-17/h3-6,16,18H,2,7-14H2,1H3,(H,22,25)/t18-/m0/s1. The molecular weight excluding hydrogens is 365 g/mol. The van der Waals surface area contributed by atoms with E-state index >= 15 is 0 Å². The number of carbonyl (C=O) groups is 2. The summed E-state index contributed by atoms with van der Waals surface area (Å²) in [4.78, 5) is 28.1. The van der Waals surface area contributed by atoms with E-state index < -0.39 is 0 Å². The van der Waals surface area contributed by atoms with Crippen molar-refractivity contribution in [3.05, 3.63) is 30.1 Å². The number of likely N-dealkylation sites (tertiary alicyclic amines) is 1. The second kappa shape index (κ2) is 9.84. The topological polar surface area (TPSA) is 71.1 Å². The number of rotatable bonds is 7. The number of piperidine rings is 1. The molecule has 2 fully saturated rings. The Balaban J connectivity index is 1.46. The molecule has 0 radical (unpaired) electrons. The molecule has 154 valence electrons. The number of amides is 2. The Kier molecular flexibility index (Phi) is 7.22. The zero-order valence-corrected chi connectivity index (χ0v) is 16.2. The summed E-state index contributed by atoms with van der Waals surface area (Å²) in [6.45, 7) is 5.39. The van der Waals surface area contributed by atoms with Gasteiger partial charge >= 0.3 is 0 Å². The number of carbonyl (C=O) groups excluding carboxylic acids is 2. The largest absolute Gasteiger partial charge is 0.491 e. The summed E-state index contributed by atoms with van der Waals surface area (Å²) >= 11 is 0. The SMILES string of the molecule is CCNC(=O)CN1CCC(N2C[C@@H](COc3ccc(F)cc3)OCC2=O)CC1. The van der Waals surface area contributed by atoms with Gasteiger partial charge in [0.05, 0.1) is 13.1 Å². The van der Waals surface area contributed by atoms with Crippen molar-refractivity contribution < 1.29 is 23.5 Å². The van der Waals surface area contributed by atoms with Gasteiger partial charge in [0.15, 0.2) is 0 Å². The van der Waals surface area contributed by atoms with E-state index in [0.29, 0.717) is 32.0 Å². The number of halogens is 1. The van der Waals surface area contributed by atoms with Gasteiger partial charge in [0.1, 0.15) is 30.9 Å². The average Bonchev–Trinajstić information content (AvgIpc) is 2.69. The lowest BCUT2D eigenvalue weighted by atomic mass is 10.0. The van der Waals surface area contributed by atoms with Gasteiger partial charge < -0.3 is 19.7 Å². The lowest BCUT2D eigenvalue weighted by Gasteiger charge is -2.42. The first-order chi connectivity index (χ1) is 13.5. The molecule has 7 nitrogen and oxygen atoms in total. The second-order valence-corrected chi connectivity index (χ2v) is 7.20. The highest BCUT2D eigenvalue weighted by Crippen LogP contribution is 2.21. The molecule has 28 heavy (non-hydrogen) atoms. The maximum Gasteiger partial charge on any atom is 0.248 e. The maximum atomic E-state index is 13.0. The number of hydrogen-bond acceptors (Lipinski definition) is 5. The molecule has 2 saturated heterocycles. The number of ether oxygens (including phenoxy) is 2. The van der Waals surface area contributed by atoms with Crippen molar-refractivity contribution in [3.8, 4) is 5.75 Å². The molecule has 0 aromatic heterocycles. The average molecular weight is 393 g/mol. The number of morpholine rings is 1. The van der Waals surface area contributed by atoms with Crippen LogP contribution in [0.4, 0.5) is 4.39 Å². The molecule has 3 rings (SSSR count). The monoisotopic (exact) mass is 393 g/mol. The molecule has 0 spiro atoms. The predicted molar refractivity (Wildman–Crippen MR) is 101 cm³/mol. The van der Waals surface area contributed by atoms with E-state index in [1.165, 1.54) is 12.1 Å². The van der Waals surface area contributed by atoms with Gasteiger partial charge in [-0.05, 0) is 44.0 Å². The van der Waals surface area contributed by atoms with Crippen LogP contribution in [0.2, 0.25) is 0 Å². The van der Waals surface area contributed by atoms with Crippen LogP contribution < -0.4 is 10.1 Å². The van der Waals surface area contributed by atoms with Gasteiger partial charge in [-0.3, -0.25) is 14.5 Å². The van der Waals surface area contributed by atoms with Gasteiger partial charge in [-0.2, -0.15) is 0 Å². The van der Waals surface area contributed by atoms with Crippen LogP contribution in [-0.4, -0.2) is 79.7 Å². The van der Waals surface area contributed by atoms with Gasteiger partial charge in [0.2, 0.25) is 11.8 Å². The highest BCUT2D eigenvalue weighted by atomic mass is 19.1. The molecule has 0 bridgehead atoms. The third-order valence-corrected chi connectivity index (χ3v) is 5.15. The predicted octanol–water partition coefficient (Wildman–Crippen LogP) is 1.03. The number of benzene rings is 1. The molecule has 2 aliphatic rings. The van der Waals surface area contributed by atoms with Crippen LogP contribution in [0.15, 0.2) is 24.3 Å². The van der Waals surface area contributed by atoms with Crippen LogP contribution in [0.1, 0.15) is 19.8 Å². The van der Waals surface area contributed by atoms with E-state index in [4.69, 9.17) is 9.47 Å². The Labute approximate surface area is 164 Å². The van der Waals surface area contributed by atoms with Crippen LogP contribution in [0, 0.1) is 5.82 Å². The normalized spacial score (nSPS) is 21.6. The molecule has 1 aromatic carbocycles. The van der Waals surface area contributed by atoms with Crippen LogP contribution in [0.5, 0.6) is 5.75 Å². The van der Waals surface area contributed by atoms with E-state index in [0.717, 1.165) is 25.9 Å². The van der Waals surface area contributed by atoms with Crippen molar-refractivity contribution in [2.75, 3.05) is 45.9 Å². The van der Waals surface area contributed by atoms with Gasteiger partial charge in [0.25, 0.3) is 0 Å². The third kappa shape index (κ3) is 5.65. The Morgan fingerprint density at radius 2 is 2.00 bits per heavy atom. The van der Waals surface area contributed by atoms with E-state index in [2.05, 4.69) is 10.2 Å². The van der Waals surface area contributed by atoms with Crippen molar-refractivity contribution in [3.63, 3.8) is 0 Å². The fourth-order valence-electron chi connectivity index (χ4n) is 3.66. The van der Waals surface area contributed by atoms with Crippen molar-refractivity contribution >= 4 is 11.8 Å². The lowest BCUT2D eigenvalue weighted by Crippen LogP contribution is -2.55. The van der Waals surface area contributed by atoms with E-state index in [1.807, 2.05) is 11.8 Å². The minimum absolute atomic E-state index is 0.000193. The van der Waals surface area contributed by atoms with Crippen LogP contribution in [-0.2, 0) is 14.3 Å². The maximum absolute atomic E-state index is 13.0. The first kappa shape index (κ1) is 20.5. The van der Waals surface area contributed by atoms with Crippen LogP contribution in [0.3, 0.4) is 0 Å². The van der Waals surface area contributed by atoms with Gasteiger partial charge in [-0.1, -0.05) is 0 Å². The summed E-state index contributed by atoms with van der Waals surface area (Å²) in [6.07, 6.45) is 1.48. The van der Waals surface area contributed by atoms with Gasteiger partial charge in [-0.15, -0.1) is 0 Å². The Morgan fingerprint density at radius 3 is 2.68 bits per heavy atom. The Hall–Kier alpha value is -2.19. The van der Waals surface area contributed by atoms with Crippen molar-refractivity contribution in [2.45, 2.75) is 31.9 Å². The molecule has 2 aliphatic heterocycles. The molecule has 0 unspecified atom stereocenters. The van der Waals surface area contributed by atoms with E-state index in [-0.39, 0.29) is 36.4 Å². The van der Waals surface area contributed by atoms with Crippen molar-refractivity contribution in [1.82, 2.24) is 15.1 Å². The number of hydrogen-bond donors (Lipinski definition) is 1. The summed E-state index contributed by atoms with van der Waals surface area (Å²) in [5, 5.41) is 2.81. The van der Waals surface area contributed by atoms with Gasteiger partial charge in [0, 0.05) is 25.7 Å². The summed E-state index contributed by atoms with van der Waals surface area (Å²) in [5.74, 6) is 0.310. The summed E-state index contributed by atoms with van der Waals surface area (Å²) in [7, 11) is 0. The summed E-state index contributed by atoms with van der Waals surface area (Å²) < 4.78 is 24.2. The molecule has 8 heteroatoms. The third-order valence-electron chi connectivity index (χ3n) is 5.15. The number of likely N-dealkylation sites (N-methyl/N-ethyl adjacent to an activating group) is 1. The molecule has 2 amide bonds. The number of nitrogens with one attached hydrogen (secondary N) is 1. The molecular formula is C20H28FN3O4. The fraction of sp³-hybridized carbons (Fsp3) is 0.600. The lowest BCUT2D eigenvalue weighted by molar-refractivity contribution is -0.155. The molecule has 0 aliphatic carbocycles. The zero-order valence-electron chi connectivity index (χ0n) is 16.2. The fourth-order valence-corrected chi connectivity index (χ4v) is 3.66. The summed E-state index contributed by atoms with van der Waals surface area (Å²) in [5.41, 5.74) is 0. The molecule has 2 heterocycles. The van der Waals surface area contributed by atoms with E-state index in [1.54, 1.807) is 12.1 Å². The highest BCUT2D eigenvalue weighted by Gasteiger charge is 2.34. The van der Waals surface area contributed by atoms with Crippen molar-refractivity contribution in [1.29, 1.82) is 0 Å². The minimum atomic E-state index is -0.309. The first-order valence-electron chi connectivity index (χ1n) is 9.83. The number of nitrogens with zero attached hydrogens (tertiary/aromatic N) is 2.